The molecule has 2 bridgehead atoms. The molecule has 4 rings (SSSR count). The summed E-state index contributed by atoms with van der Waals surface area (Å²) in [6, 6.07) is 6.59. The van der Waals surface area contributed by atoms with E-state index in [1.807, 2.05) is 0 Å². The first-order valence-corrected chi connectivity index (χ1v) is 8.99. The number of imidazole rings is 1. The minimum atomic E-state index is -2.76. The van der Waals surface area contributed by atoms with Gasteiger partial charge in [0, 0.05) is 11.8 Å². The number of hydrogen-bond acceptors (Lipinski definition) is 4. The number of esters is 1. The van der Waals surface area contributed by atoms with E-state index in [4.69, 9.17) is 4.74 Å². The molecule has 2 aliphatic carbocycles. The van der Waals surface area contributed by atoms with Crippen LogP contribution in [-0.4, -0.2) is 21.3 Å². The monoisotopic (exact) mass is 362 g/mol. The molecule has 1 aromatic carbocycles. The Morgan fingerprint density at radius 2 is 1.92 bits per heavy atom. The molecule has 2 aliphatic rings. The summed E-state index contributed by atoms with van der Waals surface area (Å²) in [4.78, 5) is 28.7. The van der Waals surface area contributed by atoms with E-state index in [0.717, 1.165) is 23.8 Å². The summed E-state index contributed by atoms with van der Waals surface area (Å²) in [5.74, 6) is -0.535. The second kappa shape index (κ2) is 6.78. The molecule has 0 spiro atoms. The number of hydrogen-bond donors (Lipinski definition) is 0. The smallest absolute Gasteiger partial charge is 0.320 e. The first-order valence-electron chi connectivity index (χ1n) is 8.99. The van der Waals surface area contributed by atoms with Crippen molar-refractivity contribution < 1.29 is 23.1 Å². The van der Waals surface area contributed by atoms with Gasteiger partial charge >= 0.3 is 12.5 Å². The quantitative estimate of drug-likeness (QED) is 0.775. The van der Waals surface area contributed by atoms with E-state index in [1.54, 1.807) is 24.3 Å². The van der Waals surface area contributed by atoms with Crippen LogP contribution in [0, 0.1) is 17.8 Å². The maximum Gasteiger partial charge on any atom is 0.320 e. The summed E-state index contributed by atoms with van der Waals surface area (Å²) < 4.78 is 32.9. The molecule has 2 atom stereocenters. The molecule has 1 aromatic heterocycles. The van der Waals surface area contributed by atoms with Crippen molar-refractivity contribution in [3.8, 4) is 0 Å². The molecule has 7 heteroatoms. The molecule has 0 N–H and O–H groups in total. The third-order valence-corrected chi connectivity index (χ3v) is 5.59. The first-order chi connectivity index (χ1) is 12.5. The summed E-state index contributed by atoms with van der Waals surface area (Å²) in [5.41, 5.74) is 0.753. The van der Waals surface area contributed by atoms with Crippen molar-refractivity contribution in [3.05, 3.63) is 30.1 Å². The van der Waals surface area contributed by atoms with Crippen LogP contribution < -0.4 is 0 Å². The van der Waals surface area contributed by atoms with Gasteiger partial charge < -0.3 is 4.74 Å². The lowest BCUT2D eigenvalue weighted by Gasteiger charge is -2.36. The van der Waals surface area contributed by atoms with Gasteiger partial charge in [-0.2, -0.15) is 8.78 Å². The lowest BCUT2D eigenvalue weighted by Crippen LogP contribution is -2.39. The Morgan fingerprint density at radius 1 is 1.23 bits per heavy atom. The number of carbonyl (C=O) groups excluding carboxylic acids is 2. The summed E-state index contributed by atoms with van der Waals surface area (Å²) in [7, 11) is 0. The lowest BCUT2D eigenvalue weighted by atomic mass is 9.67. The topological polar surface area (TPSA) is 61.2 Å². The Labute approximate surface area is 149 Å². The molecule has 1 heterocycles. The van der Waals surface area contributed by atoms with Crippen LogP contribution in [0.1, 0.15) is 44.5 Å². The van der Waals surface area contributed by atoms with Crippen molar-refractivity contribution in [1.82, 2.24) is 9.55 Å². The van der Waals surface area contributed by atoms with Crippen LogP contribution in [0.3, 0.4) is 0 Å². The van der Waals surface area contributed by atoms with E-state index < -0.39 is 12.5 Å². The molecule has 138 valence electrons. The molecule has 0 radical (unpaired) electrons. The first kappa shape index (κ1) is 17.1. The molecule has 5 nitrogen and oxygen atoms in total. The van der Waals surface area contributed by atoms with Gasteiger partial charge in [0.05, 0.1) is 17.0 Å². The van der Waals surface area contributed by atoms with Crippen LogP contribution in [0.4, 0.5) is 8.78 Å². The SMILES string of the molecule is O=C(OCc1nc2ccccc2n1C(F)F)C1CC2CCCC(C1)C2=O. The average Bonchev–Trinajstić information content (AvgIpc) is 2.98. The van der Waals surface area contributed by atoms with Crippen molar-refractivity contribution in [2.75, 3.05) is 0 Å². The van der Waals surface area contributed by atoms with Gasteiger partial charge in [-0.25, -0.2) is 4.98 Å². The number of para-hydroxylation sites is 2. The van der Waals surface area contributed by atoms with Crippen LogP contribution in [-0.2, 0) is 20.9 Å². The third-order valence-electron chi connectivity index (χ3n) is 5.59. The minimum Gasteiger partial charge on any atom is -0.457 e. The Hall–Kier alpha value is -2.31. The number of ether oxygens (including phenoxy) is 1. The lowest BCUT2D eigenvalue weighted by molar-refractivity contribution is -0.155. The standard InChI is InChI=1S/C19H20F2N2O3/c20-19(21)23-15-7-2-1-6-14(15)22-16(23)10-26-18(25)13-8-11-4-3-5-12(9-13)17(11)24/h1-2,6-7,11-13,19H,3-5,8-10H2. The molecule has 0 aliphatic heterocycles. The zero-order chi connectivity index (χ0) is 18.3. The highest BCUT2D eigenvalue weighted by molar-refractivity contribution is 5.87. The summed E-state index contributed by atoms with van der Waals surface area (Å²) in [6.45, 7) is -3.06. The van der Waals surface area contributed by atoms with E-state index in [2.05, 4.69) is 4.98 Å². The number of benzene rings is 1. The maximum atomic E-state index is 13.4. The zero-order valence-electron chi connectivity index (χ0n) is 14.2. The molecule has 2 saturated carbocycles. The largest absolute Gasteiger partial charge is 0.457 e. The molecule has 2 fully saturated rings. The van der Waals surface area contributed by atoms with Crippen molar-refractivity contribution in [1.29, 1.82) is 0 Å². The van der Waals surface area contributed by atoms with Gasteiger partial charge in [-0.15, -0.1) is 0 Å². The van der Waals surface area contributed by atoms with Gasteiger partial charge in [-0.1, -0.05) is 18.6 Å². The summed E-state index contributed by atoms with van der Waals surface area (Å²) >= 11 is 0. The Kier molecular flexibility index (Phi) is 4.46. The second-order valence-corrected chi connectivity index (χ2v) is 7.17. The normalized spacial score (nSPS) is 25.7. The van der Waals surface area contributed by atoms with Gasteiger partial charge in [0.1, 0.15) is 12.4 Å². The van der Waals surface area contributed by atoms with Crippen molar-refractivity contribution >= 4 is 22.8 Å². The number of aromatic nitrogens is 2. The van der Waals surface area contributed by atoms with E-state index in [-0.39, 0.29) is 36.0 Å². The van der Waals surface area contributed by atoms with E-state index in [1.165, 1.54) is 0 Å². The second-order valence-electron chi connectivity index (χ2n) is 7.17. The van der Waals surface area contributed by atoms with Crippen LogP contribution in [0.5, 0.6) is 0 Å². The number of rotatable bonds is 4. The van der Waals surface area contributed by atoms with Gasteiger partial charge in [-0.3, -0.25) is 14.2 Å². The molecular weight excluding hydrogens is 342 g/mol. The fourth-order valence-corrected chi connectivity index (χ4v) is 4.34. The van der Waals surface area contributed by atoms with Crippen molar-refractivity contribution in [2.24, 2.45) is 17.8 Å². The predicted octanol–water partition coefficient (Wildman–Crippen LogP) is 3.87. The van der Waals surface area contributed by atoms with E-state index in [0.29, 0.717) is 23.9 Å². The molecular formula is C19H20F2N2O3. The van der Waals surface area contributed by atoms with Gasteiger partial charge in [0.25, 0.3) is 0 Å². The van der Waals surface area contributed by atoms with Gasteiger partial charge in [0.2, 0.25) is 0 Å². The number of Topliss-reactive ketones (excluding diaryl/α,β-unsaturated/α-hetero) is 1. The Balaban J connectivity index is 1.47. The number of halogens is 2. The predicted molar refractivity (Wildman–Crippen MR) is 89.3 cm³/mol. The maximum absolute atomic E-state index is 13.4. The Morgan fingerprint density at radius 3 is 2.62 bits per heavy atom. The average molecular weight is 362 g/mol. The van der Waals surface area contributed by atoms with Crippen LogP contribution >= 0.6 is 0 Å². The highest BCUT2D eigenvalue weighted by Gasteiger charge is 2.41. The molecule has 2 unspecified atom stereocenters. The van der Waals surface area contributed by atoms with Gasteiger partial charge in [-0.05, 0) is 37.8 Å². The fourth-order valence-electron chi connectivity index (χ4n) is 4.34. The van der Waals surface area contributed by atoms with Crippen LogP contribution in [0.25, 0.3) is 11.0 Å². The van der Waals surface area contributed by atoms with Gasteiger partial charge in [0.15, 0.2) is 5.82 Å². The van der Waals surface area contributed by atoms with Crippen LogP contribution in [0.15, 0.2) is 24.3 Å². The highest BCUT2D eigenvalue weighted by Crippen LogP contribution is 2.40. The molecule has 0 saturated heterocycles. The minimum absolute atomic E-state index is 0.0293. The molecule has 0 amide bonds. The fraction of sp³-hybridized carbons (Fsp3) is 0.526. The zero-order valence-corrected chi connectivity index (χ0v) is 14.2. The molecule has 26 heavy (non-hydrogen) atoms. The third kappa shape index (κ3) is 2.99. The number of fused-ring (bicyclic) bond motifs is 3. The highest BCUT2D eigenvalue weighted by atomic mass is 19.3. The summed E-state index contributed by atoms with van der Waals surface area (Å²) in [6.07, 6.45) is 3.72. The number of nitrogens with zero attached hydrogens (tertiary/aromatic N) is 2. The van der Waals surface area contributed by atoms with Crippen molar-refractivity contribution in [2.45, 2.75) is 45.3 Å². The number of alkyl halides is 2. The Bertz CT molecular complexity index is 832. The molecule has 2 aromatic rings. The summed E-state index contributed by atoms with van der Waals surface area (Å²) in [5, 5.41) is 0. The van der Waals surface area contributed by atoms with E-state index >= 15 is 0 Å². The van der Waals surface area contributed by atoms with Crippen molar-refractivity contribution in [3.63, 3.8) is 0 Å². The number of ketones is 1. The van der Waals surface area contributed by atoms with Crippen LogP contribution in [0.2, 0.25) is 0 Å². The van der Waals surface area contributed by atoms with E-state index in [9.17, 15) is 18.4 Å². The number of carbonyl (C=O) groups is 2.